The van der Waals surface area contributed by atoms with Gasteiger partial charge < -0.3 is 59.7 Å². The van der Waals surface area contributed by atoms with Crippen molar-refractivity contribution in [2.24, 2.45) is 0 Å². The van der Waals surface area contributed by atoms with Crippen molar-refractivity contribution in [3.05, 3.63) is 42.2 Å². The van der Waals surface area contributed by atoms with Gasteiger partial charge in [0.05, 0.1) is 19.5 Å². The molecule has 270 valence electrons. The van der Waals surface area contributed by atoms with Crippen LogP contribution in [0.3, 0.4) is 0 Å². The molecule has 2 fully saturated rings. The number of hydrogen-bond donors (Lipinski definition) is 8. The van der Waals surface area contributed by atoms with Crippen molar-refractivity contribution in [1.82, 2.24) is 19.5 Å². The number of nitrogens with zero attached hydrogens (tertiary/aromatic N) is 5. The molecule has 49 heavy (non-hydrogen) atoms. The molecule has 3 aromatic rings. The van der Waals surface area contributed by atoms with Crippen LogP contribution in [-0.2, 0) is 41.1 Å². The topological polar surface area (TPSA) is 362 Å². The molecule has 5 rings (SSSR count). The minimum absolute atomic E-state index is 0.0103. The van der Waals surface area contributed by atoms with Crippen molar-refractivity contribution in [2.75, 3.05) is 18.9 Å². The van der Waals surface area contributed by atoms with Crippen molar-refractivity contribution < 1.29 is 90.4 Å². The highest BCUT2D eigenvalue weighted by molar-refractivity contribution is 7.60. The van der Waals surface area contributed by atoms with Crippen LogP contribution in [0.4, 0.5) is 5.82 Å². The normalized spacial score (nSPS) is 30.0. The van der Waals surface area contributed by atoms with Crippen molar-refractivity contribution in [3.8, 4) is 0 Å². The summed E-state index contributed by atoms with van der Waals surface area (Å²) in [7, 11) is -16.6. The van der Waals surface area contributed by atoms with E-state index in [0.29, 0.717) is 5.56 Å². The van der Waals surface area contributed by atoms with Gasteiger partial charge in [-0.2, -0.15) is 4.57 Å². The number of imidazole rings is 1. The molecule has 2 aliphatic heterocycles. The summed E-state index contributed by atoms with van der Waals surface area (Å²) in [5.41, 5.74) is 6.07. The minimum atomic E-state index is -5.75. The fourth-order valence-electron chi connectivity index (χ4n) is 5.04. The summed E-state index contributed by atoms with van der Waals surface area (Å²) >= 11 is 0. The fourth-order valence-corrected chi connectivity index (χ4v) is 7.64. The Hall–Kier alpha value is -2.86. The number of phosphoric acid groups is 3. The van der Waals surface area contributed by atoms with Gasteiger partial charge in [0.1, 0.15) is 47.9 Å². The number of phosphoric ester groups is 3. The third-order valence-electron chi connectivity index (χ3n) is 7.14. The molecule has 0 aromatic carbocycles. The van der Waals surface area contributed by atoms with E-state index in [1.165, 1.54) is 12.3 Å². The maximum Gasteiger partial charge on any atom is 0.478 e. The van der Waals surface area contributed by atoms with Crippen LogP contribution in [0.15, 0.2) is 31.1 Å². The number of aliphatic hydroxyl groups excluding tert-OH is 3. The maximum atomic E-state index is 12.5. The summed E-state index contributed by atoms with van der Waals surface area (Å²) in [5, 5.41) is 40.9. The summed E-state index contributed by atoms with van der Waals surface area (Å²) in [6, 6.07) is 1.33. The number of aromatic carboxylic acids is 1. The largest absolute Gasteiger partial charge is 0.756 e. The molecule has 0 bridgehead atoms. The number of carbonyl (C=O) groups is 1. The average Bonchev–Trinajstić information content (AvgIpc) is 3.64. The van der Waals surface area contributed by atoms with Gasteiger partial charge in [-0.05, 0) is 13.0 Å². The fraction of sp³-hybridized carbons (Fsp3) is 0.500. The Bertz CT molecular complexity index is 1860. The molecule has 0 amide bonds. The number of carboxylic acids is 1. The summed E-state index contributed by atoms with van der Waals surface area (Å²) in [6.45, 7) is -0.601. The number of nitrogens with two attached hydrogens (primary N) is 1. The van der Waals surface area contributed by atoms with Crippen LogP contribution in [0.2, 0.25) is 0 Å². The van der Waals surface area contributed by atoms with E-state index in [2.05, 4.69) is 32.8 Å². The second kappa shape index (κ2) is 14.0. The van der Waals surface area contributed by atoms with Crippen LogP contribution in [0.25, 0.3) is 11.2 Å². The Morgan fingerprint density at radius 1 is 1.02 bits per heavy atom. The number of carboxylic acid groups (broad SMARTS) is 1. The number of anilines is 1. The Labute approximate surface area is 273 Å². The number of aryl methyl sites for hydroxylation is 1. The molecular formula is C22H29N6O18P3. The Morgan fingerprint density at radius 2 is 1.69 bits per heavy atom. The van der Waals surface area contributed by atoms with Gasteiger partial charge in [-0.3, -0.25) is 18.2 Å². The first-order chi connectivity index (χ1) is 22.7. The molecule has 24 nitrogen and oxygen atoms in total. The van der Waals surface area contributed by atoms with Crippen LogP contribution in [0, 0.1) is 6.92 Å². The maximum absolute atomic E-state index is 12.5. The lowest BCUT2D eigenvalue weighted by Crippen LogP contribution is -2.46. The predicted octanol–water partition coefficient (Wildman–Crippen LogP) is -2.62. The Balaban J connectivity index is 1.21. The van der Waals surface area contributed by atoms with Gasteiger partial charge in [0.15, 0.2) is 36.2 Å². The number of pyridine rings is 1. The minimum Gasteiger partial charge on any atom is -0.756 e. The van der Waals surface area contributed by atoms with Crippen molar-refractivity contribution in [2.45, 2.75) is 56.0 Å². The number of hydrogen-bond acceptors (Lipinski definition) is 18. The molecule has 5 heterocycles. The van der Waals surface area contributed by atoms with Crippen LogP contribution in [0.1, 0.15) is 28.4 Å². The third-order valence-corrected chi connectivity index (χ3v) is 10.2. The number of rotatable bonds is 13. The van der Waals surface area contributed by atoms with Crippen LogP contribution >= 0.6 is 23.5 Å². The van der Waals surface area contributed by atoms with Crippen LogP contribution in [0.5, 0.6) is 0 Å². The molecule has 2 aliphatic rings. The first-order valence-electron chi connectivity index (χ1n) is 13.7. The van der Waals surface area contributed by atoms with Crippen LogP contribution < -0.4 is 15.2 Å². The van der Waals surface area contributed by atoms with Crippen molar-refractivity contribution in [3.63, 3.8) is 0 Å². The molecule has 0 saturated carbocycles. The quantitative estimate of drug-likeness (QED) is 0.0653. The van der Waals surface area contributed by atoms with Gasteiger partial charge >= 0.3 is 21.6 Å². The van der Waals surface area contributed by atoms with Crippen molar-refractivity contribution >= 4 is 46.4 Å². The number of nitrogen functional groups attached to an aromatic ring is 1. The monoisotopic (exact) mass is 758 g/mol. The Morgan fingerprint density at radius 3 is 2.37 bits per heavy atom. The lowest BCUT2D eigenvalue weighted by atomic mass is 10.1. The molecule has 0 aliphatic carbocycles. The summed E-state index contributed by atoms with van der Waals surface area (Å²) in [4.78, 5) is 64.4. The number of aliphatic hydroxyl groups is 3. The first kappa shape index (κ1) is 37.4. The van der Waals surface area contributed by atoms with E-state index in [0.717, 1.165) is 28.0 Å². The summed E-state index contributed by atoms with van der Waals surface area (Å²) < 4.78 is 67.9. The molecule has 2 unspecified atom stereocenters. The van der Waals surface area contributed by atoms with E-state index < -0.39 is 91.7 Å². The highest BCUT2D eigenvalue weighted by Gasteiger charge is 2.51. The Kier molecular flexibility index (Phi) is 10.7. The zero-order chi connectivity index (χ0) is 36.1. The van der Waals surface area contributed by atoms with E-state index >= 15 is 0 Å². The first-order valence-corrected chi connectivity index (χ1v) is 18.2. The number of ether oxygens (including phenoxy) is 2. The smallest absolute Gasteiger partial charge is 0.478 e. The molecule has 27 heteroatoms. The zero-order valence-corrected chi connectivity index (χ0v) is 27.4. The lowest BCUT2D eigenvalue weighted by molar-refractivity contribution is -0.766. The van der Waals surface area contributed by atoms with E-state index in [4.69, 9.17) is 15.2 Å². The van der Waals surface area contributed by atoms with Gasteiger partial charge in [-0.1, -0.05) is 0 Å². The molecule has 0 spiro atoms. The lowest BCUT2D eigenvalue weighted by Gasteiger charge is -2.26. The van der Waals surface area contributed by atoms with Gasteiger partial charge in [0.2, 0.25) is 0 Å². The highest BCUT2D eigenvalue weighted by atomic mass is 31.3. The summed E-state index contributed by atoms with van der Waals surface area (Å²) in [5.74, 6) is -1.36. The average molecular weight is 758 g/mol. The van der Waals surface area contributed by atoms with E-state index in [9.17, 15) is 58.5 Å². The van der Waals surface area contributed by atoms with Gasteiger partial charge in [0, 0.05) is 5.56 Å². The van der Waals surface area contributed by atoms with E-state index in [1.54, 1.807) is 6.92 Å². The number of fused-ring (bicyclic) bond motifs is 1. The molecule has 2 saturated heterocycles. The molecule has 3 aromatic heterocycles. The summed E-state index contributed by atoms with van der Waals surface area (Å²) in [6.07, 6.45) is -8.89. The molecule has 0 radical (unpaired) electrons. The van der Waals surface area contributed by atoms with Crippen LogP contribution in [-0.4, -0.2) is 110 Å². The predicted molar refractivity (Wildman–Crippen MR) is 151 cm³/mol. The molecule has 9 N–H and O–H groups in total. The van der Waals surface area contributed by atoms with Crippen molar-refractivity contribution in [1.29, 1.82) is 0 Å². The third kappa shape index (κ3) is 8.55. The second-order valence-electron chi connectivity index (χ2n) is 10.7. The van der Waals surface area contributed by atoms with Gasteiger partial charge in [-0.25, -0.2) is 33.2 Å². The second-order valence-corrected chi connectivity index (χ2v) is 14.9. The van der Waals surface area contributed by atoms with E-state index in [-0.39, 0.29) is 22.5 Å². The van der Waals surface area contributed by atoms with Gasteiger partial charge in [0.25, 0.3) is 14.1 Å². The highest BCUT2D eigenvalue weighted by Crippen LogP contribution is 2.58. The standard InChI is InChI=1S/C22H29N6O18P3/c1-9-2-10(22(32)33)4-27(3-9)20-16(31)14(29)11(43-20)5-41-48(37,38)46-49(39,40)42-6-12-15(30)17(45-47(34,35)36)21(44-12)28-8-26-13-18(23)24-7-25-19(13)28/h2-4,7-8,11-12,14-17,20-21,29-31H,5-6H2,1H3,(H6-,23,24,25,32,33,34,35,36,37,38,39,40)/t11-,12-,14-,15-,16-,17-,20-,21-/m1/s1. The number of aromatic nitrogens is 5. The molecular weight excluding hydrogens is 729 g/mol. The SMILES string of the molecule is Cc1cc(C(=O)O)c[n+]([C@@H]2O[C@H](COP(=O)([O-])OP(=O)(O)OC[C@H]3O[C@@H](n4cnc5c(N)ncnc54)[C@H](OP(=O)(O)O)[C@@H]3O)[C@@H](O)[C@H]2O)c1. The zero-order valence-electron chi connectivity index (χ0n) is 24.7. The molecule has 10 atom stereocenters. The van der Waals surface area contributed by atoms with Gasteiger partial charge in [-0.15, -0.1) is 0 Å². The van der Waals surface area contributed by atoms with E-state index in [1.807, 2.05) is 0 Å².